The van der Waals surface area contributed by atoms with Crippen LogP contribution in [0.4, 0.5) is 5.82 Å². The molecule has 0 aliphatic rings. The van der Waals surface area contributed by atoms with E-state index in [1.807, 2.05) is 0 Å². The van der Waals surface area contributed by atoms with Crippen LogP contribution in [0.5, 0.6) is 0 Å². The van der Waals surface area contributed by atoms with Gasteiger partial charge in [-0.3, -0.25) is 0 Å². The second kappa shape index (κ2) is 3.06. The maximum Gasteiger partial charge on any atom is 0.153 e. The minimum absolute atomic E-state index is 0.253. The highest BCUT2D eigenvalue weighted by atomic mass is 35.5. The van der Waals surface area contributed by atoms with Crippen LogP contribution in [-0.4, -0.2) is 9.97 Å². The summed E-state index contributed by atoms with van der Waals surface area (Å²) in [6.07, 6.45) is 2.89. The van der Waals surface area contributed by atoms with E-state index in [1.54, 1.807) is 18.4 Å². The zero-order chi connectivity index (χ0) is 9.26. The van der Waals surface area contributed by atoms with Gasteiger partial charge in [0.25, 0.3) is 0 Å². The summed E-state index contributed by atoms with van der Waals surface area (Å²) < 4.78 is 5.13. The number of nitrogen functional groups attached to an aromatic ring is 1. The summed E-state index contributed by atoms with van der Waals surface area (Å²) in [7, 11) is 0. The Hall–Kier alpha value is -1.55. The van der Waals surface area contributed by atoms with Crippen LogP contribution in [0.3, 0.4) is 0 Å². The minimum atomic E-state index is 0.253. The number of anilines is 1. The zero-order valence-electron chi connectivity index (χ0n) is 6.57. The minimum Gasteiger partial charge on any atom is -0.463 e. The molecule has 0 saturated carbocycles. The molecule has 0 unspecified atom stereocenters. The van der Waals surface area contributed by atoms with E-state index >= 15 is 0 Å². The largest absolute Gasteiger partial charge is 0.463 e. The molecule has 0 aliphatic carbocycles. The van der Waals surface area contributed by atoms with Gasteiger partial charge in [-0.2, -0.15) is 0 Å². The van der Waals surface area contributed by atoms with Gasteiger partial charge in [-0.15, -0.1) is 0 Å². The molecule has 2 rings (SSSR count). The van der Waals surface area contributed by atoms with Crippen LogP contribution in [0, 0.1) is 0 Å². The molecule has 0 spiro atoms. The number of rotatable bonds is 1. The van der Waals surface area contributed by atoms with Crippen molar-refractivity contribution in [2.75, 3.05) is 5.73 Å². The molecule has 2 N–H and O–H groups in total. The maximum atomic E-state index is 5.87. The van der Waals surface area contributed by atoms with E-state index in [1.165, 1.54) is 6.33 Å². The Balaban J connectivity index is 2.59. The average Bonchev–Trinajstić information content (AvgIpc) is 2.62. The average molecular weight is 196 g/mol. The van der Waals surface area contributed by atoms with Gasteiger partial charge in [0.1, 0.15) is 22.9 Å². The molecule has 4 nitrogen and oxygen atoms in total. The highest BCUT2D eigenvalue weighted by Crippen LogP contribution is 2.28. The smallest absolute Gasteiger partial charge is 0.153 e. The van der Waals surface area contributed by atoms with Crippen LogP contribution in [0.15, 0.2) is 29.1 Å². The van der Waals surface area contributed by atoms with E-state index in [0.29, 0.717) is 16.5 Å². The molecule has 66 valence electrons. The van der Waals surface area contributed by atoms with Crippen molar-refractivity contribution < 1.29 is 4.42 Å². The van der Waals surface area contributed by atoms with Crippen molar-refractivity contribution >= 4 is 17.4 Å². The molecule has 2 heterocycles. The Kier molecular flexibility index (Phi) is 1.90. The summed E-state index contributed by atoms with van der Waals surface area (Å²) in [5.74, 6) is 0.835. The number of aromatic nitrogens is 2. The van der Waals surface area contributed by atoms with Crippen molar-refractivity contribution in [1.82, 2.24) is 9.97 Å². The van der Waals surface area contributed by atoms with E-state index in [2.05, 4.69) is 9.97 Å². The second-order valence-corrected chi connectivity index (χ2v) is 2.78. The monoisotopic (exact) mass is 195 g/mol. The number of halogens is 1. The van der Waals surface area contributed by atoms with Crippen LogP contribution in [-0.2, 0) is 0 Å². The molecule has 0 bridgehead atoms. The standard InChI is InChI=1S/C8H6ClN3O/c9-6-7(5-2-1-3-13-5)11-4-12-8(6)10/h1-4H,(H2,10,11,12). The Labute approximate surface area is 79.4 Å². The van der Waals surface area contributed by atoms with Crippen LogP contribution in [0.25, 0.3) is 11.5 Å². The van der Waals surface area contributed by atoms with Crippen molar-refractivity contribution in [3.05, 3.63) is 29.7 Å². The van der Waals surface area contributed by atoms with E-state index in [9.17, 15) is 0 Å². The van der Waals surface area contributed by atoms with E-state index < -0.39 is 0 Å². The predicted octanol–water partition coefficient (Wildman–Crippen LogP) is 1.97. The van der Waals surface area contributed by atoms with Gasteiger partial charge in [-0.25, -0.2) is 9.97 Å². The molecule has 0 aromatic carbocycles. The van der Waals surface area contributed by atoms with Crippen LogP contribution < -0.4 is 5.73 Å². The topological polar surface area (TPSA) is 64.9 Å². The van der Waals surface area contributed by atoms with Gasteiger partial charge in [-0.05, 0) is 12.1 Å². The predicted molar refractivity (Wildman–Crippen MR) is 49.2 cm³/mol. The third-order valence-corrected chi connectivity index (χ3v) is 1.94. The molecule has 0 fully saturated rings. The fourth-order valence-corrected chi connectivity index (χ4v) is 1.16. The lowest BCUT2D eigenvalue weighted by Crippen LogP contribution is -1.94. The summed E-state index contributed by atoms with van der Waals surface area (Å²) in [6.45, 7) is 0. The fraction of sp³-hybridized carbons (Fsp3) is 0. The molecule has 2 aromatic heterocycles. The zero-order valence-corrected chi connectivity index (χ0v) is 7.32. The lowest BCUT2D eigenvalue weighted by Gasteiger charge is -2.00. The van der Waals surface area contributed by atoms with E-state index in [0.717, 1.165) is 0 Å². The number of furan rings is 1. The molecule has 13 heavy (non-hydrogen) atoms. The third-order valence-electron chi connectivity index (χ3n) is 1.57. The summed E-state index contributed by atoms with van der Waals surface area (Å²) >= 11 is 5.87. The maximum absolute atomic E-state index is 5.87. The molecule has 0 saturated heterocycles. The van der Waals surface area contributed by atoms with Gasteiger partial charge < -0.3 is 10.2 Å². The third kappa shape index (κ3) is 1.36. The molecular weight excluding hydrogens is 190 g/mol. The van der Waals surface area contributed by atoms with Crippen LogP contribution >= 0.6 is 11.6 Å². The number of hydrogen-bond donors (Lipinski definition) is 1. The molecule has 0 atom stereocenters. The quantitative estimate of drug-likeness (QED) is 0.756. The van der Waals surface area contributed by atoms with Crippen molar-refractivity contribution in [1.29, 1.82) is 0 Å². The van der Waals surface area contributed by atoms with Crippen LogP contribution in [0.1, 0.15) is 0 Å². The Morgan fingerprint density at radius 1 is 1.38 bits per heavy atom. The van der Waals surface area contributed by atoms with Crippen molar-refractivity contribution in [2.24, 2.45) is 0 Å². The summed E-state index contributed by atoms with van der Waals surface area (Å²) in [4.78, 5) is 7.71. The molecular formula is C8H6ClN3O. The normalized spacial score (nSPS) is 10.2. The van der Waals surface area contributed by atoms with Gasteiger partial charge in [0.05, 0.1) is 6.26 Å². The highest BCUT2D eigenvalue weighted by Gasteiger charge is 2.10. The second-order valence-electron chi connectivity index (χ2n) is 2.40. The van der Waals surface area contributed by atoms with Gasteiger partial charge in [0.2, 0.25) is 0 Å². The first-order valence-corrected chi connectivity index (χ1v) is 3.96. The highest BCUT2D eigenvalue weighted by molar-refractivity contribution is 6.35. The van der Waals surface area contributed by atoms with Crippen molar-refractivity contribution in [2.45, 2.75) is 0 Å². The van der Waals surface area contributed by atoms with Crippen molar-refractivity contribution in [3.8, 4) is 11.5 Å². The van der Waals surface area contributed by atoms with Gasteiger partial charge in [-0.1, -0.05) is 11.6 Å². The number of nitrogens with zero attached hydrogens (tertiary/aromatic N) is 2. The van der Waals surface area contributed by atoms with E-state index in [-0.39, 0.29) is 5.82 Å². The lowest BCUT2D eigenvalue weighted by atomic mass is 10.3. The molecule has 0 radical (unpaired) electrons. The fourth-order valence-electron chi connectivity index (χ4n) is 0.969. The first kappa shape index (κ1) is 8.07. The first-order valence-electron chi connectivity index (χ1n) is 3.59. The van der Waals surface area contributed by atoms with E-state index in [4.69, 9.17) is 21.8 Å². The summed E-state index contributed by atoms with van der Waals surface area (Å²) in [5, 5.41) is 0.317. The molecule has 0 aliphatic heterocycles. The molecule has 2 aromatic rings. The lowest BCUT2D eigenvalue weighted by molar-refractivity contribution is 0.580. The van der Waals surface area contributed by atoms with Crippen LogP contribution in [0.2, 0.25) is 5.02 Å². The molecule has 0 amide bonds. The summed E-state index contributed by atoms with van der Waals surface area (Å²) in [6, 6.07) is 3.51. The number of hydrogen-bond acceptors (Lipinski definition) is 4. The first-order chi connectivity index (χ1) is 6.29. The van der Waals surface area contributed by atoms with Gasteiger partial charge >= 0.3 is 0 Å². The molecule has 5 heteroatoms. The SMILES string of the molecule is Nc1ncnc(-c2ccco2)c1Cl. The van der Waals surface area contributed by atoms with Crippen molar-refractivity contribution in [3.63, 3.8) is 0 Å². The van der Waals surface area contributed by atoms with Gasteiger partial charge in [0, 0.05) is 0 Å². The Bertz CT molecular complexity index is 413. The Morgan fingerprint density at radius 2 is 2.23 bits per heavy atom. The Morgan fingerprint density at radius 3 is 2.92 bits per heavy atom. The summed E-state index contributed by atoms with van der Waals surface area (Å²) in [5.41, 5.74) is 6.02. The number of nitrogens with two attached hydrogens (primary N) is 1. The van der Waals surface area contributed by atoms with Gasteiger partial charge in [0.15, 0.2) is 5.76 Å².